The lowest BCUT2D eigenvalue weighted by molar-refractivity contribution is 0.0792. The minimum absolute atomic E-state index is 0.0467. The van der Waals surface area contributed by atoms with Crippen molar-refractivity contribution in [1.82, 2.24) is 9.80 Å². The van der Waals surface area contributed by atoms with Crippen LogP contribution in [0.25, 0.3) is 0 Å². The van der Waals surface area contributed by atoms with Crippen molar-refractivity contribution in [3.8, 4) is 0 Å². The number of benzene rings is 1. The van der Waals surface area contributed by atoms with E-state index in [1.165, 1.54) is 0 Å². The highest BCUT2D eigenvalue weighted by Gasteiger charge is 2.24. The fourth-order valence-electron chi connectivity index (χ4n) is 3.29. The van der Waals surface area contributed by atoms with Gasteiger partial charge < -0.3 is 20.9 Å². The summed E-state index contributed by atoms with van der Waals surface area (Å²) in [5, 5.41) is 2.96. The Labute approximate surface area is 147 Å². The second-order valence-electron chi connectivity index (χ2n) is 6.29. The zero-order valence-corrected chi connectivity index (χ0v) is 14.4. The SMILES string of the molecule is NC(=S)Nc1cc(C(=O)N2CCCC2)cc(C(=O)N2CCCC2)c1. The molecule has 0 bridgehead atoms. The molecule has 2 aliphatic rings. The Morgan fingerprint density at radius 3 is 1.67 bits per heavy atom. The molecule has 2 amide bonds. The van der Waals surface area contributed by atoms with Crippen LogP contribution in [0.1, 0.15) is 46.4 Å². The summed E-state index contributed by atoms with van der Waals surface area (Å²) in [7, 11) is 0. The third kappa shape index (κ3) is 3.67. The minimum atomic E-state index is -0.0467. The monoisotopic (exact) mass is 346 g/mol. The predicted molar refractivity (Wildman–Crippen MR) is 97.1 cm³/mol. The summed E-state index contributed by atoms with van der Waals surface area (Å²) in [6.07, 6.45) is 4.10. The zero-order valence-electron chi connectivity index (χ0n) is 13.6. The number of hydrogen-bond donors (Lipinski definition) is 2. The molecule has 1 aromatic rings. The highest BCUT2D eigenvalue weighted by atomic mass is 32.1. The number of carbonyl (C=O) groups excluding carboxylic acids is 2. The Balaban J connectivity index is 1.91. The number of thiocarbonyl (C=S) groups is 1. The molecule has 0 aliphatic carbocycles. The van der Waals surface area contributed by atoms with E-state index in [2.05, 4.69) is 5.32 Å². The van der Waals surface area contributed by atoms with Gasteiger partial charge in [-0.1, -0.05) is 0 Å². The summed E-state index contributed by atoms with van der Waals surface area (Å²) in [5.41, 5.74) is 7.13. The van der Waals surface area contributed by atoms with Gasteiger partial charge >= 0.3 is 0 Å². The van der Waals surface area contributed by atoms with Crippen LogP contribution in [0.2, 0.25) is 0 Å². The van der Waals surface area contributed by atoms with E-state index < -0.39 is 0 Å². The van der Waals surface area contributed by atoms with Crippen molar-refractivity contribution < 1.29 is 9.59 Å². The number of anilines is 1. The van der Waals surface area contributed by atoms with Crippen LogP contribution in [-0.2, 0) is 0 Å². The Morgan fingerprint density at radius 1 is 0.875 bits per heavy atom. The van der Waals surface area contributed by atoms with Crippen molar-refractivity contribution in [3.05, 3.63) is 29.3 Å². The first-order valence-electron chi connectivity index (χ1n) is 8.35. The lowest BCUT2D eigenvalue weighted by Gasteiger charge is -2.19. The molecule has 6 nitrogen and oxygen atoms in total. The van der Waals surface area contributed by atoms with E-state index in [4.69, 9.17) is 18.0 Å². The molecule has 128 valence electrons. The molecule has 0 unspecified atom stereocenters. The largest absolute Gasteiger partial charge is 0.376 e. The van der Waals surface area contributed by atoms with Crippen molar-refractivity contribution in [2.75, 3.05) is 31.5 Å². The van der Waals surface area contributed by atoms with Gasteiger partial charge in [-0.2, -0.15) is 0 Å². The molecule has 0 spiro atoms. The van der Waals surface area contributed by atoms with Crippen LogP contribution in [0.5, 0.6) is 0 Å². The first kappa shape index (κ1) is 16.7. The van der Waals surface area contributed by atoms with Gasteiger partial charge in [-0.3, -0.25) is 9.59 Å². The smallest absolute Gasteiger partial charge is 0.253 e. The van der Waals surface area contributed by atoms with Gasteiger partial charge in [0, 0.05) is 43.0 Å². The molecular weight excluding hydrogens is 324 g/mol. The molecule has 0 radical (unpaired) electrons. The number of rotatable bonds is 3. The van der Waals surface area contributed by atoms with Gasteiger partial charge in [0.05, 0.1) is 0 Å². The quantitative estimate of drug-likeness (QED) is 0.816. The van der Waals surface area contributed by atoms with E-state index in [0.717, 1.165) is 51.9 Å². The normalized spacial score (nSPS) is 17.2. The third-order valence-electron chi connectivity index (χ3n) is 4.48. The maximum atomic E-state index is 12.7. The molecule has 0 atom stereocenters. The average molecular weight is 346 g/mol. The molecule has 0 aromatic heterocycles. The van der Waals surface area contributed by atoms with Crippen LogP contribution in [0.15, 0.2) is 18.2 Å². The van der Waals surface area contributed by atoms with Crippen LogP contribution in [-0.4, -0.2) is 52.9 Å². The average Bonchev–Trinajstić information content (AvgIpc) is 3.25. The third-order valence-corrected chi connectivity index (χ3v) is 4.58. The number of nitrogens with one attached hydrogen (secondary N) is 1. The van der Waals surface area contributed by atoms with E-state index in [0.29, 0.717) is 16.8 Å². The van der Waals surface area contributed by atoms with Gasteiger partial charge in [-0.15, -0.1) is 0 Å². The molecule has 2 saturated heterocycles. The van der Waals surface area contributed by atoms with Crippen LogP contribution in [0.4, 0.5) is 5.69 Å². The maximum Gasteiger partial charge on any atom is 0.253 e. The molecule has 3 N–H and O–H groups in total. The Kier molecular flexibility index (Phi) is 4.99. The van der Waals surface area contributed by atoms with Gasteiger partial charge in [0.25, 0.3) is 11.8 Å². The summed E-state index contributed by atoms with van der Waals surface area (Å²) in [6.45, 7) is 3.06. The molecule has 0 saturated carbocycles. The number of nitrogens with two attached hydrogens (primary N) is 1. The molecule has 3 rings (SSSR count). The zero-order chi connectivity index (χ0) is 17.1. The molecule has 2 aliphatic heterocycles. The molecule has 7 heteroatoms. The van der Waals surface area contributed by atoms with Crippen LogP contribution in [0, 0.1) is 0 Å². The minimum Gasteiger partial charge on any atom is -0.376 e. The van der Waals surface area contributed by atoms with Crippen LogP contribution in [0.3, 0.4) is 0 Å². The van der Waals surface area contributed by atoms with Gasteiger partial charge in [-0.25, -0.2) is 0 Å². The van der Waals surface area contributed by atoms with Crippen molar-refractivity contribution in [3.63, 3.8) is 0 Å². The number of nitrogens with zero attached hydrogens (tertiary/aromatic N) is 2. The Bertz CT molecular complexity index is 618. The van der Waals surface area contributed by atoms with E-state index in [-0.39, 0.29) is 16.9 Å². The van der Waals surface area contributed by atoms with Gasteiger partial charge in [0.2, 0.25) is 0 Å². The number of amides is 2. The summed E-state index contributed by atoms with van der Waals surface area (Å²) in [5.74, 6) is -0.0934. The summed E-state index contributed by atoms with van der Waals surface area (Å²) >= 11 is 4.89. The molecule has 2 fully saturated rings. The first-order chi connectivity index (χ1) is 11.5. The number of carbonyl (C=O) groups is 2. The molecule has 2 heterocycles. The van der Waals surface area contributed by atoms with E-state index >= 15 is 0 Å². The number of hydrogen-bond acceptors (Lipinski definition) is 3. The van der Waals surface area contributed by atoms with Gasteiger partial charge in [-0.05, 0) is 56.1 Å². The topological polar surface area (TPSA) is 78.7 Å². The lowest BCUT2D eigenvalue weighted by atomic mass is 10.1. The molecule has 1 aromatic carbocycles. The Hall–Kier alpha value is -2.15. The summed E-state index contributed by atoms with van der Waals surface area (Å²) in [4.78, 5) is 29.0. The second-order valence-corrected chi connectivity index (χ2v) is 6.73. The van der Waals surface area contributed by atoms with E-state index in [1.807, 2.05) is 9.80 Å². The van der Waals surface area contributed by atoms with Crippen molar-refractivity contribution in [2.24, 2.45) is 5.73 Å². The molecular formula is C17H22N4O2S. The lowest BCUT2D eigenvalue weighted by Crippen LogP contribution is -2.30. The van der Waals surface area contributed by atoms with Crippen molar-refractivity contribution in [2.45, 2.75) is 25.7 Å². The second kappa shape index (κ2) is 7.17. The maximum absolute atomic E-state index is 12.7. The first-order valence-corrected chi connectivity index (χ1v) is 8.75. The summed E-state index contributed by atoms with van der Waals surface area (Å²) in [6, 6.07) is 5.10. The standard InChI is InChI=1S/C17H22N4O2S/c18-17(24)19-14-10-12(15(22)20-5-1-2-6-20)9-13(11-14)16(23)21-7-3-4-8-21/h9-11H,1-8H2,(H3,18,19,24). The van der Waals surface area contributed by atoms with Crippen molar-refractivity contribution in [1.29, 1.82) is 0 Å². The number of likely N-dealkylation sites (tertiary alicyclic amines) is 2. The van der Waals surface area contributed by atoms with Gasteiger partial charge in [0.15, 0.2) is 5.11 Å². The van der Waals surface area contributed by atoms with Gasteiger partial charge in [0.1, 0.15) is 0 Å². The predicted octanol–water partition coefficient (Wildman–Crippen LogP) is 1.81. The van der Waals surface area contributed by atoms with Crippen LogP contribution >= 0.6 is 12.2 Å². The van der Waals surface area contributed by atoms with E-state index in [9.17, 15) is 9.59 Å². The van der Waals surface area contributed by atoms with Crippen LogP contribution < -0.4 is 11.1 Å². The Morgan fingerprint density at radius 2 is 1.29 bits per heavy atom. The van der Waals surface area contributed by atoms with Crippen molar-refractivity contribution >= 4 is 34.8 Å². The fraction of sp³-hybridized carbons (Fsp3) is 0.471. The highest BCUT2D eigenvalue weighted by molar-refractivity contribution is 7.80. The van der Waals surface area contributed by atoms with E-state index in [1.54, 1.807) is 18.2 Å². The fourth-order valence-corrected chi connectivity index (χ4v) is 3.41. The molecule has 24 heavy (non-hydrogen) atoms. The summed E-state index contributed by atoms with van der Waals surface area (Å²) < 4.78 is 0. The highest BCUT2D eigenvalue weighted by Crippen LogP contribution is 2.21.